The third kappa shape index (κ3) is 5.10. The average Bonchev–Trinajstić information content (AvgIpc) is 3.19. The van der Waals surface area contributed by atoms with E-state index >= 15 is 0 Å². The second-order valence-electron chi connectivity index (χ2n) is 8.30. The van der Waals surface area contributed by atoms with Crippen LogP contribution in [0.5, 0.6) is 5.75 Å². The molecule has 0 bridgehead atoms. The van der Waals surface area contributed by atoms with Crippen LogP contribution in [0, 0.1) is 19.8 Å². The van der Waals surface area contributed by atoms with Crippen LogP contribution >= 0.6 is 0 Å². The Bertz CT molecular complexity index is 1180. The summed E-state index contributed by atoms with van der Waals surface area (Å²) in [6.07, 6.45) is 0.0981. The van der Waals surface area contributed by atoms with Gasteiger partial charge in [-0.1, -0.05) is 26.0 Å². The maximum Gasteiger partial charge on any atom is 0.246 e. The van der Waals surface area contributed by atoms with Crippen molar-refractivity contribution in [2.24, 2.45) is 5.92 Å². The zero-order chi connectivity index (χ0) is 25.0. The molecular weight excluding hydrogens is 454 g/mol. The molecule has 1 fully saturated rings. The molecule has 0 aromatic heterocycles. The lowest BCUT2D eigenvalue weighted by Gasteiger charge is -2.21. The minimum absolute atomic E-state index is 0.00959. The van der Waals surface area contributed by atoms with E-state index in [0.29, 0.717) is 25.4 Å². The maximum atomic E-state index is 13.2. The second-order valence-corrected chi connectivity index (χ2v) is 10.2. The zero-order valence-electron chi connectivity index (χ0n) is 20.4. The summed E-state index contributed by atoms with van der Waals surface area (Å²) in [5.74, 6) is -0.729. The van der Waals surface area contributed by atoms with Gasteiger partial charge in [0.2, 0.25) is 21.8 Å². The lowest BCUT2D eigenvalue weighted by molar-refractivity contribution is -0.122. The summed E-state index contributed by atoms with van der Waals surface area (Å²) in [5, 5.41) is 2.80. The largest absolute Gasteiger partial charge is 0.492 e. The molecule has 0 radical (unpaired) electrons. The molecule has 2 amide bonds. The predicted octanol–water partition coefficient (Wildman–Crippen LogP) is 3.72. The quantitative estimate of drug-likeness (QED) is 0.582. The number of carbonyl (C=O) groups is 2. The van der Waals surface area contributed by atoms with Crippen LogP contribution in [0.2, 0.25) is 0 Å². The molecule has 0 spiro atoms. The molecule has 1 heterocycles. The van der Waals surface area contributed by atoms with Gasteiger partial charge in [0.15, 0.2) is 0 Å². The molecule has 184 valence electrons. The fourth-order valence-electron chi connectivity index (χ4n) is 4.15. The fourth-order valence-corrected chi connectivity index (χ4v) is 5.77. The van der Waals surface area contributed by atoms with Crippen molar-refractivity contribution >= 4 is 33.2 Å². The number of sulfonamides is 1. The molecule has 8 nitrogen and oxygen atoms in total. The van der Waals surface area contributed by atoms with E-state index in [1.54, 1.807) is 37.8 Å². The lowest BCUT2D eigenvalue weighted by Crippen LogP contribution is -2.31. The van der Waals surface area contributed by atoms with Crippen LogP contribution in [0.4, 0.5) is 11.4 Å². The first-order chi connectivity index (χ1) is 16.1. The number of carbonyl (C=O) groups excluding carboxylic acids is 2. The van der Waals surface area contributed by atoms with Crippen LogP contribution in [-0.4, -0.2) is 50.8 Å². The van der Waals surface area contributed by atoms with Gasteiger partial charge in [-0.05, 0) is 56.2 Å². The van der Waals surface area contributed by atoms with E-state index < -0.39 is 15.9 Å². The zero-order valence-corrected chi connectivity index (χ0v) is 21.2. The van der Waals surface area contributed by atoms with E-state index in [4.69, 9.17) is 4.74 Å². The Balaban J connectivity index is 1.83. The summed E-state index contributed by atoms with van der Waals surface area (Å²) in [6, 6.07) is 10.4. The monoisotopic (exact) mass is 487 g/mol. The van der Waals surface area contributed by atoms with Crippen molar-refractivity contribution in [3.05, 3.63) is 47.5 Å². The Morgan fingerprint density at radius 1 is 1.15 bits per heavy atom. The van der Waals surface area contributed by atoms with Crippen LogP contribution < -0.4 is 15.0 Å². The van der Waals surface area contributed by atoms with Crippen molar-refractivity contribution in [1.82, 2.24) is 4.31 Å². The van der Waals surface area contributed by atoms with Gasteiger partial charge in [0.05, 0.1) is 12.5 Å². The number of nitrogens with one attached hydrogen (secondary N) is 1. The molecule has 1 aliphatic heterocycles. The highest BCUT2D eigenvalue weighted by atomic mass is 32.2. The highest BCUT2D eigenvalue weighted by Crippen LogP contribution is 2.32. The van der Waals surface area contributed by atoms with Crippen molar-refractivity contribution < 1.29 is 22.7 Å². The van der Waals surface area contributed by atoms with Crippen molar-refractivity contribution in [1.29, 1.82) is 0 Å². The van der Waals surface area contributed by atoms with Gasteiger partial charge in [0.25, 0.3) is 0 Å². The van der Waals surface area contributed by atoms with Gasteiger partial charge >= 0.3 is 0 Å². The summed E-state index contributed by atoms with van der Waals surface area (Å²) in [7, 11) is -3.80. The van der Waals surface area contributed by atoms with E-state index in [1.165, 1.54) is 10.4 Å². The topological polar surface area (TPSA) is 96.0 Å². The molecular formula is C25H33N3O5S. The van der Waals surface area contributed by atoms with Crippen LogP contribution in [0.15, 0.2) is 41.3 Å². The lowest BCUT2D eigenvalue weighted by atomic mass is 10.1. The predicted molar refractivity (Wildman–Crippen MR) is 133 cm³/mol. The standard InChI is InChI=1S/C25H33N3O5S/c1-6-27(7-2)34(31,32)23-15-20(12-13-22(23)33-8-3)26-25(30)19-14-24(29)28(16-19)21-11-9-10-17(4)18(21)5/h9-13,15,19H,6-8,14,16H2,1-5H3,(H,26,30). The SMILES string of the molecule is CCOc1ccc(NC(=O)C2CC(=O)N(c3cccc(C)c3C)C2)cc1S(=O)(=O)N(CC)CC. The second kappa shape index (κ2) is 10.6. The fraction of sp³-hybridized carbons (Fsp3) is 0.440. The molecule has 1 saturated heterocycles. The van der Waals surface area contributed by atoms with E-state index in [-0.39, 0.29) is 35.4 Å². The molecule has 0 aliphatic carbocycles. The highest BCUT2D eigenvalue weighted by molar-refractivity contribution is 7.89. The number of hydrogen-bond donors (Lipinski definition) is 1. The van der Waals surface area contributed by atoms with Gasteiger partial charge in [-0.2, -0.15) is 4.31 Å². The Morgan fingerprint density at radius 2 is 1.85 bits per heavy atom. The number of anilines is 2. The van der Waals surface area contributed by atoms with Crippen molar-refractivity contribution in [3.8, 4) is 5.75 Å². The first-order valence-corrected chi connectivity index (χ1v) is 13.0. The van der Waals surface area contributed by atoms with E-state index in [9.17, 15) is 18.0 Å². The molecule has 9 heteroatoms. The average molecular weight is 488 g/mol. The number of amides is 2. The minimum Gasteiger partial charge on any atom is -0.492 e. The van der Waals surface area contributed by atoms with Gasteiger partial charge in [0.1, 0.15) is 10.6 Å². The molecule has 3 rings (SSSR count). The Hall–Kier alpha value is -2.91. The smallest absolute Gasteiger partial charge is 0.246 e. The van der Waals surface area contributed by atoms with Crippen LogP contribution in [-0.2, 0) is 19.6 Å². The Labute approximate surface area is 201 Å². The number of benzene rings is 2. The van der Waals surface area contributed by atoms with Gasteiger partial charge in [-0.25, -0.2) is 8.42 Å². The normalized spacial score (nSPS) is 16.2. The molecule has 2 aromatic rings. The van der Waals surface area contributed by atoms with E-state index in [1.807, 2.05) is 32.0 Å². The van der Waals surface area contributed by atoms with Crippen molar-refractivity contribution in [3.63, 3.8) is 0 Å². The number of rotatable bonds is 9. The molecule has 1 N–H and O–H groups in total. The van der Waals surface area contributed by atoms with Crippen molar-refractivity contribution in [2.45, 2.75) is 45.9 Å². The molecule has 34 heavy (non-hydrogen) atoms. The van der Waals surface area contributed by atoms with Crippen LogP contribution in [0.25, 0.3) is 0 Å². The first-order valence-electron chi connectivity index (χ1n) is 11.6. The summed E-state index contributed by atoms with van der Waals surface area (Å²) < 4.78 is 33.2. The van der Waals surface area contributed by atoms with E-state index in [2.05, 4.69) is 5.32 Å². The Morgan fingerprint density at radius 3 is 2.50 bits per heavy atom. The number of aryl methyl sites for hydroxylation is 1. The highest BCUT2D eigenvalue weighted by Gasteiger charge is 2.36. The molecule has 0 saturated carbocycles. The van der Waals surface area contributed by atoms with Crippen LogP contribution in [0.1, 0.15) is 38.3 Å². The van der Waals surface area contributed by atoms with Crippen LogP contribution in [0.3, 0.4) is 0 Å². The van der Waals surface area contributed by atoms with Gasteiger partial charge in [0, 0.05) is 37.4 Å². The summed E-state index contributed by atoms with van der Waals surface area (Å²) in [4.78, 5) is 27.4. The molecule has 2 aromatic carbocycles. The summed E-state index contributed by atoms with van der Waals surface area (Å²) >= 11 is 0. The molecule has 1 aliphatic rings. The van der Waals surface area contributed by atoms with Gasteiger partial charge in [-0.15, -0.1) is 0 Å². The van der Waals surface area contributed by atoms with Gasteiger partial charge < -0.3 is 15.0 Å². The third-order valence-corrected chi connectivity index (χ3v) is 8.27. The Kier molecular flexibility index (Phi) is 7.99. The van der Waals surface area contributed by atoms with Crippen molar-refractivity contribution in [2.75, 3.05) is 36.5 Å². The molecule has 1 unspecified atom stereocenters. The van der Waals surface area contributed by atoms with Gasteiger partial charge in [-0.3, -0.25) is 9.59 Å². The number of hydrogen-bond acceptors (Lipinski definition) is 5. The third-order valence-electron chi connectivity index (χ3n) is 6.20. The molecule has 1 atom stereocenters. The number of nitrogens with zero attached hydrogens (tertiary/aromatic N) is 2. The minimum atomic E-state index is -3.80. The summed E-state index contributed by atoms with van der Waals surface area (Å²) in [6.45, 7) is 10.5. The number of ether oxygens (including phenoxy) is 1. The summed E-state index contributed by atoms with van der Waals surface area (Å²) in [5.41, 5.74) is 3.25. The first kappa shape index (κ1) is 25.7. The van der Waals surface area contributed by atoms with E-state index in [0.717, 1.165) is 16.8 Å². The maximum absolute atomic E-state index is 13.2.